The number of piperazine rings is 1. The van der Waals surface area contributed by atoms with Crippen LogP contribution < -0.4 is 9.64 Å². The van der Waals surface area contributed by atoms with Crippen molar-refractivity contribution in [3.8, 4) is 5.75 Å². The molecule has 0 aliphatic carbocycles. The molecule has 1 atom stereocenters. The van der Waals surface area contributed by atoms with E-state index in [-0.39, 0.29) is 5.91 Å². The fraction of sp³-hybridized carbons (Fsp3) is 0.391. The molecule has 2 heterocycles. The third-order valence-corrected chi connectivity index (χ3v) is 6.01. The summed E-state index contributed by atoms with van der Waals surface area (Å²) < 4.78 is 24.1. The van der Waals surface area contributed by atoms with Crippen LogP contribution in [0.3, 0.4) is 0 Å². The minimum absolute atomic E-state index is 0.202. The van der Waals surface area contributed by atoms with Gasteiger partial charge in [0.2, 0.25) is 5.91 Å². The second-order valence-electron chi connectivity index (χ2n) is 7.67. The van der Waals surface area contributed by atoms with Gasteiger partial charge in [0.15, 0.2) is 0 Å². The lowest BCUT2D eigenvalue weighted by Gasteiger charge is -2.41. The topological polar surface area (TPSA) is 62.3 Å². The van der Waals surface area contributed by atoms with Crippen LogP contribution in [0.15, 0.2) is 42.5 Å². The van der Waals surface area contributed by atoms with Gasteiger partial charge in [-0.05, 0) is 53.9 Å². The molecule has 0 aromatic heterocycles. The summed E-state index contributed by atoms with van der Waals surface area (Å²) in [7, 11) is 2.92. The SMILES string of the molecule is COC(=O)N1CCc2ccc(F)cc2[C@@H]1C(=O)N1CCN(c2ccc(OC)cc2)CC1. The van der Waals surface area contributed by atoms with Gasteiger partial charge in [0.25, 0.3) is 0 Å². The van der Waals surface area contributed by atoms with Gasteiger partial charge < -0.3 is 19.3 Å². The Balaban J connectivity index is 1.52. The Morgan fingerprint density at radius 2 is 1.68 bits per heavy atom. The van der Waals surface area contributed by atoms with Crippen molar-refractivity contribution in [3.05, 3.63) is 59.4 Å². The van der Waals surface area contributed by atoms with Gasteiger partial charge in [-0.2, -0.15) is 0 Å². The molecule has 2 aliphatic rings. The summed E-state index contributed by atoms with van der Waals surface area (Å²) in [6.45, 7) is 2.72. The number of halogens is 1. The molecule has 2 amide bonds. The van der Waals surface area contributed by atoms with Crippen molar-refractivity contribution in [2.24, 2.45) is 0 Å². The lowest BCUT2D eigenvalue weighted by atomic mass is 9.91. The first kappa shape index (κ1) is 21.0. The fourth-order valence-electron chi connectivity index (χ4n) is 4.32. The minimum atomic E-state index is -0.876. The Hall–Kier alpha value is -3.29. The van der Waals surface area contributed by atoms with E-state index in [1.54, 1.807) is 18.1 Å². The maximum Gasteiger partial charge on any atom is 0.410 e. The lowest BCUT2D eigenvalue weighted by molar-refractivity contribution is -0.137. The molecule has 7 nitrogen and oxygen atoms in total. The van der Waals surface area contributed by atoms with Crippen molar-refractivity contribution >= 4 is 17.7 Å². The number of carbonyl (C=O) groups is 2. The highest BCUT2D eigenvalue weighted by atomic mass is 19.1. The quantitative estimate of drug-likeness (QED) is 0.754. The minimum Gasteiger partial charge on any atom is -0.497 e. The fourth-order valence-corrected chi connectivity index (χ4v) is 4.32. The van der Waals surface area contributed by atoms with Gasteiger partial charge in [-0.1, -0.05) is 6.07 Å². The van der Waals surface area contributed by atoms with Crippen molar-refractivity contribution in [3.63, 3.8) is 0 Å². The second kappa shape index (κ2) is 8.83. The third kappa shape index (κ3) is 4.15. The highest BCUT2D eigenvalue weighted by Gasteiger charge is 2.39. The van der Waals surface area contributed by atoms with Gasteiger partial charge in [0.05, 0.1) is 14.2 Å². The first-order valence-electron chi connectivity index (χ1n) is 10.3. The van der Waals surface area contributed by atoms with Crippen molar-refractivity contribution in [2.45, 2.75) is 12.5 Å². The zero-order valence-corrected chi connectivity index (χ0v) is 17.7. The maximum absolute atomic E-state index is 14.0. The molecule has 4 rings (SSSR count). The van der Waals surface area contributed by atoms with E-state index in [1.165, 1.54) is 24.1 Å². The molecule has 0 N–H and O–H groups in total. The Kier molecular flexibility index (Phi) is 5.97. The van der Waals surface area contributed by atoms with E-state index in [1.807, 2.05) is 24.3 Å². The summed E-state index contributed by atoms with van der Waals surface area (Å²) in [6.07, 6.45) is -0.0233. The number of nitrogens with zero attached hydrogens (tertiary/aromatic N) is 3. The van der Waals surface area contributed by atoms with Gasteiger partial charge in [0.1, 0.15) is 17.6 Å². The predicted octanol–water partition coefficient (Wildman–Crippen LogP) is 2.85. The summed E-state index contributed by atoms with van der Waals surface area (Å²) >= 11 is 0. The van der Waals surface area contributed by atoms with Gasteiger partial charge in [-0.25, -0.2) is 9.18 Å². The van der Waals surface area contributed by atoms with Gasteiger partial charge in [0, 0.05) is 38.4 Å². The average molecular weight is 427 g/mol. The standard InChI is InChI=1S/C23H26FN3O4/c1-30-19-7-5-18(6-8-19)25-11-13-26(14-12-25)22(28)21-20-15-17(24)4-3-16(20)9-10-27(21)23(29)31-2/h3-8,15,21H,9-14H2,1-2H3/t21-/m1/s1. The molecule has 2 aliphatic heterocycles. The number of hydrogen-bond acceptors (Lipinski definition) is 5. The smallest absolute Gasteiger partial charge is 0.410 e. The van der Waals surface area contributed by atoms with E-state index in [4.69, 9.17) is 9.47 Å². The molecule has 0 unspecified atom stereocenters. The molecule has 31 heavy (non-hydrogen) atoms. The number of ether oxygens (including phenoxy) is 2. The lowest BCUT2D eigenvalue weighted by Crippen LogP contribution is -2.54. The Labute approximate surface area is 180 Å². The Morgan fingerprint density at radius 3 is 2.32 bits per heavy atom. The number of carbonyl (C=O) groups excluding carboxylic acids is 2. The molecular weight excluding hydrogens is 401 g/mol. The van der Waals surface area contributed by atoms with Crippen LogP contribution in [0.5, 0.6) is 5.75 Å². The molecular formula is C23H26FN3O4. The molecule has 0 spiro atoms. The van der Waals surface area contributed by atoms with Crippen LogP contribution in [-0.2, 0) is 16.0 Å². The van der Waals surface area contributed by atoms with E-state index in [2.05, 4.69) is 4.90 Å². The van der Waals surface area contributed by atoms with Crippen LogP contribution in [0.4, 0.5) is 14.9 Å². The molecule has 0 saturated carbocycles. The van der Waals surface area contributed by atoms with E-state index < -0.39 is 18.0 Å². The van der Waals surface area contributed by atoms with E-state index in [0.717, 1.165) is 17.0 Å². The predicted molar refractivity (Wildman–Crippen MR) is 114 cm³/mol. The summed E-state index contributed by atoms with van der Waals surface area (Å²) in [4.78, 5) is 31.2. The first-order valence-corrected chi connectivity index (χ1v) is 10.3. The number of rotatable bonds is 3. The van der Waals surface area contributed by atoms with Crippen molar-refractivity contribution in [1.82, 2.24) is 9.80 Å². The summed E-state index contributed by atoms with van der Waals surface area (Å²) in [5.74, 6) is 0.169. The van der Waals surface area contributed by atoms with Crippen LogP contribution in [0.25, 0.3) is 0 Å². The number of amides is 2. The summed E-state index contributed by atoms with van der Waals surface area (Å²) in [5.41, 5.74) is 2.49. The molecule has 0 bridgehead atoms. The summed E-state index contributed by atoms with van der Waals surface area (Å²) in [5, 5.41) is 0. The molecule has 1 fully saturated rings. The first-order chi connectivity index (χ1) is 15.0. The number of benzene rings is 2. The van der Waals surface area contributed by atoms with Crippen molar-refractivity contribution < 1.29 is 23.5 Å². The maximum atomic E-state index is 14.0. The number of methoxy groups -OCH3 is 2. The van der Waals surface area contributed by atoms with Gasteiger partial charge in [-0.15, -0.1) is 0 Å². The van der Waals surface area contributed by atoms with Crippen LogP contribution >= 0.6 is 0 Å². The second-order valence-corrected chi connectivity index (χ2v) is 7.67. The number of anilines is 1. The molecule has 0 radical (unpaired) electrons. The molecule has 2 aromatic carbocycles. The number of hydrogen-bond donors (Lipinski definition) is 0. The molecule has 1 saturated heterocycles. The highest BCUT2D eigenvalue weighted by molar-refractivity contribution is 5.88. The Morgan fingerprint density at radius 1 is 0.968 bits per heavy atom. The highest BCUT2D eigenvalue weighted by Crippen LogP contribution is 2.33. The van der Waals surface area contributed by atoms with Crippen LogP contribution in [0, 0.1) is 5.82 Å². The normalized spacial score (nSPS) is 18.4. The Bertz CT molecular complexity index is 958. The van der Waals surface area contributed by atoms with Crippen molar-refractivity contribution in [2.75, 3.05) is 51.8 Å². The average Bonchev–Trinajstić information content (AvgIpc) is 2.82. The molecule has 2 aromatic rings. The van der Waals surface area contributed by atoms with Gasteiger partial charge >= 0.3 is 6.09 Å². The monoisotopic (exact) mass is 427 g/mol. The van der Waals surface area contributed by atoms with Crippen LogP contribution in [-0.4, -0.2) is 68.7 Å². The van der Waals surface area contributed by atoms with Crippen LogP contribution in [0.1, 0.15) is 17.2 Å². The van der Waals surface area contributed by atoms with Crippen LogP contribution in [0.2, 0.25) is 0 Å². The third-order valence-electron chi connectivity index (χ3n) is 6.01. The number of fused-ring (bicyclic) bond motifs is 1. The van der Waals surface area contributed by atoms with E-state index in [9.17, 15) is 14.0 Å². The summed E-state index contributed by atoms with van der Waals surface area (Å²) in [6, 6.07) is 11.4. The van der Waals surface area contributed by atoms with Crippen molar-refractivity contribution in [1.29, 1.82) is 0 Å². The largest absolute Gasteiger partial charge is 0.497 e. The molecule has 8 heteroatoms. The zero-order chi connectivity index (χ0) is 22.0. The molecule has 164 valence electrons. The van der Waals surface area contributed by atoms with E-state index in [0.29, 0.717) is 44.7 Å². The van der Waals surface area contributed by atoms with E-state index >= 15 is 0 Å². The van der Waals surface area contributed by atoms with Gasteiger partial charge in [-0.3, -0.25) is 9.69 Å². The zero-order valence-electron chi connectivity index (χ0n) is 17.7.